The molecule has 1 atom stereocenters. The second-order valence-electron chi connectivity index (χ2n) is 6.69. The molecule has 0 aromatic carbocycles. The highest BCUT2D eigenvalue weighted by Crippen LogP contribution is 2.33. The van der Waals surface area contributed by atoms with Crippen LogP contribution in [0.3, 0.4) is 0 Å². The van der Waals surface area contributed by atoms with Crippen molar-refractivity contribution in [2.24, 2.45) is 11.3 Å². The summed E-state index contributed by atoms with van der Waals surface area (Å²) in [5, 5.41) is 3.69. The average Bonchev–Trinajstić information content (AvgIpc) is 2.47. The summed E-state index contributed by atoms with van der Waals surface area (Å²) < 4.78 is 10.6. The Morgan fingerprint density at radius 2 is 1.71 bits per heavy atom. The minimum absolute atomic E-state index is 0.454. The van der Waals surface area contributed by atoms with Crippen molar-refractivity contribution in [3.8, 4) is 0 Å². The number of methoxy groups -OCH3 is 1. The van der Waals surface area contributed by atoms with Crippen molar-refractivity contribution < 1.29 is 9.47 Å². The van der Waals surface area contributed by atoms with Crippen LogP contribution in [0, 0.1) is 11.3 Å². The molecule has 0 heterocycles. The van der Waals surface area contributed by atoms with Crippen molar-refractivity contribution in [2.45, 2.75) is 66.2 Å². The lowest BCUT2D eigenvalue weighted by Crippen LogP contribution is -2.36. The highest BCUT2D eigenvalue weighted by Gasteiger charge is 2.26. The molecule has 0 amide bonds. The minimum Gasteiger partial charge on any atom is -0.382 e. The van der Waals surface area contributed by atoms with Crippen molar-refractivity contribution in [1.29, 1.82) is 0 Å². The Balaban J connectivity index is 4.14. The quantitative estimate of drug-likeness (QED) is 0.458. The lowest BCUT2D eigenvalue weighted by atomic mass is 9.76. The fourth-order valence-electron chi connectivity index (χ4n) is 2.75. The Kier molecular flexibility index (Phi) is 13.5. The first kappa shape index (κ1) is 20.9. The van der Waals surface area contributed by atoms with Crippen LogP contribution in [0.1, 0.15) is 66.2 Å². The van der Waals surface area contributed by atoms with Gasteiger partial charge in [0.15, 0.2) is 0 Å². The van der Waals surface area contributed by atoms with Gasteiger partial charge < -0.3 is 14.8 Å². The van der Waals surface area contributed by atoms with Gasteiger partial charge in [-0.2, -0.15) is 0 Å². The van der Waals surface area contributed by atoms with Crippen LogP contribution in [-0.4, -0.2) is 40.0 Å². The summed E-state index contributed by atoms with van der Waals surface area (Å²) in [4.78, 5) is 0. The third-order valence-electron chi connectivity index (χ3n) is 4.29. The predicted octanol–water partition coefficient (Wildman–Crippen LogP) is 4.26. The van der Waals surface area contributed by atoms with E-state index in [0.29, 0.717) is 12.0 Å². The Labute approximate surface area is 133 Å². The maximum absolute atomic E-state index is 5.62. The van der Waals surface area contributed by atoms with Crippen LogP contribution in [0.4, 0.5) is 0 Å². The monoisotopic (exact) mass is 301 g/mol. The second-order valence-corrected chi connectivity index (χ2v) is 6.69. The van der Waals surface area contributed by atoms with Crippen LogP contribution in [-0.2, 0) is 9.47 Å². The third-order valence-corrected chi connectivity index (χ3v) is 4.29. The number of rotatable bonds is 15. The molecule has 0 bridgehead atoms. The average molecular weight is 302 g/mol. The third kappa shape index (κ3) is 11.1. The summed E-state index contributed by atoms with van der Waals surface area (Å²) in [5.74, 6) is 0.725. The molecule has 0 fully saturated rings. The number of hydrogen-bond donors (Lipinski definition) is 1. The molecule has 3 heteroatoms. The van der Waals surface area contributed by atoms with E-state index < -0.39 is 0 Å². The van der Waals surface area contributed by atoms with Crippen LogP contribution in [0.15, 0.2) is 0 Å². The molecule has 0 saturated carbocycles. The SMILES string of the molecule is CCCCC(CC)(CCCOCCOC)CNCC(C)C. The number of unbranched alkanes of at least 4 members (excludes halogenated alkanes) is 1. The molecule has 0 rings (SSSR count). The molecule has 0 spiro atoms. The predicted molar refractivity (Wildman–Crippen MR) is 91.9 cm³/mol. The maximum atomic E-state index is 5.62. The van der Waals surface area contributed by atoms with E-state index in [0.717, 1.165) is 38.6 Å². The van der Waals surface area contributed by atoms with E-state index in [-0.39, 0.29) is 0 Å². The highest BCUT2D eigenvalue weighted by molar-refractivity contribution is 4.80. The van der Waals surface area contributed by atoms with E-state index in [9.17, 15) is 0 Å². The van der Waals surface area contributed by atoms with Gasteiger partial charge in [0.25, 0.3) is 0 Å². The Bertz CT molecular complexity index is 221. The summed E-state index contributed by atoms with van der Waals surface area (Å²) in [7, 11) is 1.72. The van der Waals surface area contributed by atoms with Gasteiger partial charge in [0.2, 0.25) is 0 Å². The number of nitrogens with one attached hydrogen (secondary N) is 1. The van der Waals surface area contributed by atoms with Crippen LogP contribution in [0.2, 0.25) is 0 Å². The molecule has 0 radical (unpaired) electrons. The van der Waals surface area contributed by atoms with E-state index >= 15 is 0 Å². The van der Waals surface area contributed by atoms with Gasteiger partial charge in [-0.1, -0.05) is 40.5 Å². The molecule has 128 valence electrons. The van der Waals surface area contributed by atoms with Crippen LogP contribution < -0.4 is 5.32 Å². The van der Waals surface area contributed by atoms with Gasteiger partial charge in [0.1, 0.15) is 0 Å². The molecule has 0 aliphatic rings. The van der Waals surface area contributed by atoms with Crippen molar-refractivity contribution in [2.75, 3.05) is 40.0 Å². The van der Waals surface area contributed by atoms with Crippen LogP contribution in [0.25, 0.3) is 0 Å². The van der Waals surface area contributed by atoms with Crippen molar-refractivity contribution >= 4 is 0 Å². The molecule has 1 N–H and O–H groups in total. The molecule has 0 aromatic rings. The second kappa shape index (κ2) is 13.5. The molecule has 0 aliphatic heterocycles. The van der Waals surface area contributed by atoms with E-state index in [1.54, 1.807) is 7.11 Å². The summed E-state index contributed by atoms with van der Waals surface area (Å²) >= 11 is 0. The van der Waals surface area contributed by atoms with Gasteiger partial charge >= 0.3 is 0 Å². The summed E-state index contributed by atoms with van der Waals surface area (Å²) in [6, 6.07) is 0. The van der Waals surface area contributed by atoms with Crippen molar-refractivity contribution in [1.82, 2.24) is 5.32 Å². The molecule has 3 nitrogen and oxygen atoms in total. The van der Waals surface area contributed by atoms with E-state index in [2.05, 4.69) is 33.0 Å². The molecule has 21 heavy (non-hydrogen) atoms. The molecule has 0 aliphatic carbocycles. The van der Waals surface area contributed by atoms with Gasteiger partial charge in [-0.05, 0) is 43.6 Å². The van der Waals surface area contributed by atoms with Crippen LogP contribution >= 0.6 is 0 Å². The Morgan fingerprint density at radius 1 is 1.00 bits per heavy atom. The van der Waals surface area contributed by atoms with Crippen LogP contribution in [0.5, 0.6) is 0 Å². The molecule has 0 aromatic heterocycles. The molecular weight excluding hydrogens is 262 g/mol. The lowest BCUT2D eigenvalue weighted by molar-refractivity contribution is 0.0618. The fourth-order valence-corrected chi connectivity index (χ4v) is 2.75. The standard InChI is InChI=1S/C18H39NO2/c1-6-8-10-18(7-2,16-19-15-17(3)4)11-9-12-21-14-13-20-5/h17,19H,6-16H2,1-5H3. The fraction of sp³-hybridized carbons (Fsp3) is 1.00. The topological polar surface area (TPSA) is 30.5 Å². The first-order valence-corrected chi connectivity index (χ1v) is 8.87. The first-order chi connectivity index (χ1) is 10.1. The van der Waals surface area contributed by atoms with Crippen molar-refractivity contribution in [3.05, 3.63) is 0 Å². The Hall–Kier alpha value is -0.120. The zero-order chi connectivity index (χ0) is 16.0. The molecular formula is C18H39NO2. The zero-order valence-electron chi connectivity index (χ0n) is 15.2. The highest BCUT2D eigenvalue weighted by atomic mass is 16.5. The summed E-state index contributed by atoms with van der Waals surface area (Å²) in [6.45, 7) is 13.7. The zero-order valence-corrected chi connectivity index (χ0v) is 15.2. The first-order valence-electron chi connectivity index (χ1n) is 8.87. The van der Waals surface area contributed by atoms with Gasteiger partial charge in [0, 0.05) is 20.3 Å². The van der Waals surface area contributed by atoms with Gasteiger partial charge in [0.05, 0.1) is 13.2 Å². The lowest BCUT2D eigenvalue weighted by Gasteiger charge is -2.34. The van der Waals surface area contributed by atoms with Gasteiger partial charge in [-0.25, -0.2) is 0 Å². The van der Waals surface area contributed by atoms with E-state index in [4.69, 9.17) is 9.47 Å². The summed E-state index contributed by atoms with van der Waals surface area (Å²) in [5.41, 5.74) is 0.454. The summed E-state index contributed by atoms with van der Waals surface area (Å²) in [6.07, 6.45) is 7.64. The van der Waals surface area contributed by atoms with E-state index in [1.807, 2.05) is 0 Å². The van der Waals surface area contributed by atoms with Gasteiger partial charge in [-0.3, -0.25) is 0 Å². The molecule has 0 saturated heterocycles. The largest absolute Gasteiger partial charge is 0.382 e. The van der Waals surface area contributed by atoms with E-state index in [1.165, 1.54) is 32.1 Å². The minimum atomic E-state index is 0.454. The number of hydrogen-bond acceptors (Lipinski definition) is 3. The van der Waals surface area contributed by atoms with Crippen molar-refractivity contribution in [3.63, 3.8) is 0 Å². The molecule has 1 unspecified atom stereocenters. The maximum Gasteiger partial charge on any atom is 0.0700 e. The van der Waals surface area contributed by atoms with Gasteiger partial charge in [-0.15, -0.1) is 0 Å². The smallest absolute Gasteiger partial charge is 0.0700 e. The number of ether oxygens (including phenoxy) is 2. The Morgan fingerprint density at radius 3 is 2.29 bits per heavy atom. The normalized spacial score (nSPS) is 14.6.